The largest absolute Gasteiger partial charge is 0.204 e. The topological polar surface area (TPSA) is 30.7 Å². The Bertz CT molecular complexity index is 426. The van der Waals surface area contributed by atoms with Crippen LogP contribution in [0.5, 0.6) is 0 Å². The highest BCUT2D eigenvalue weighted by Crippen LogP contribution is 2.09. The molecule has 0 spiro atoms. The highest BCUT2D eigenvalue weighted by molar-refractivity contribution is 5.17. The fraction of sp³-hybridized carbons (Fsp3) is 0.111. The van der Waals surface area contributed by atoms with E-state index in [0.29, 0.717) is 12.1 Å². The molecule has 0 N–H and O–H groups in total. The second kappa shape index (κ2) is 3.53. The van der Waals surface area contributed by atoms with Crippen molar-refractivity contribution in [2.45, 2.75) is 6.54 Å². The van der Waals surface area contributed by atoms with Crippen LogP contribution in [0.2, 0.25) is 0 Å². The predicted octanol–water partition coefficient (Wildman–Crippen LogP) is 1.60. The number of halogens is 2. The third kappa shape index (κ3) is 1.76. The second-order valence-electron chi connectivity index (χ2n) is 2.81. The molecule has 0 aliphatic heterocycles. The average Bonchev–Trinajstić information content (AvgIpc) is 2.64. The Kier molecular flexibility index (Phi) is 2.22. The van der Waals surface area contributed by atoms with E-state index in [1.165, 1.54) is 23.3 Å². The summed E-state index contributed by atoms with van der Waals surface area (Å²) in [7, 11) is 0. The van der Waals surface area contributed by atoms with Crippen LogP contribution in [0.15, 0.2) is 30.6 Å². The summed E-state index contributed by atoms with van der Waals surface area (Å²) in [5, 5.41) is 7.71. The van der Waals surface area contributed by atoms with Gasteiger partial charge in [-0.05, 0) is 17.7 Å². The Hall–Kier alpha value is -1.78. The molecule has 1 heterocycles. The summed E-state index contributed by atoms with van der Waals surface area (Å²) in [5.74, 6) is -1.70. The highest BCUT2D eigenvalue weighted by atomic mass is 19.2. The monoisotopic (exact) mass is 195 g/mol. The number of benzene rings is 1. The summed E-state index contributed by atoms with van der Waals surface area (Å²) in [6.45, 7) is 0.337. The predicted molar refractivity (Wildman–Crippen MR) is 45.5 cm³/mol. The Balaban J connectivity index is 2.22. The lowest BCUT2D eigenvalue weighted by molar-refractivity contribution is 0.504. The Labute approximate surface area is 79.0 Å². The molecule has 5 heteroatoms. The van der Waals surface area contributed by atoms with Crippen LogP contribution in [-0.4, -0.2) is 15.0 Å². The van der Waals surface area contributed by atoms with Crippen LogP contribution >= 0.6 is 0 Å². The molecule has 0 unspecified atom stereocenters. The van der Waals surface area contributed by atoms with E-state index in [4.69, 9.17) is 0 Å². The molecule has 1 aromatic carbocycles. The van der Waals surface area contributed by atoms with Gasteiger partial charge in [-0.3, -0.25) is 0 Å². The number of rotatable bonds is 2. The lowest BCUT2D eigenvalue weighted by Crippen LogP contribution is -2.03. The standard InChI is InChI=1S/C9H7F2N3/c10-8-2-1-7(5-9(8)11)6-14-12-3-4-13-14/h1-5H,6H2. The van der Waals surface area contributed by atoms with Crippen molar-refractivity contribution in [3.05, 3.63) is 47.8 Å². The van der Waals surface area contributed by atoms with Crippen molar-refractivity contribution in [1.29, 1.82) is 0 Å². The van der Waals surface area contributed by atoms with Crippen molar-refractivity contribution >= 4 is 0 Å². The van der Waals surface area contributed by atoms with Gasteiger partial charge in [-0.2, -0.15) is 15.0 Å². The first-order valence-corrected chi connectivity index (χ1v) is 4.04. The normalized spacial score (nSPS) is 10.4. The smallest absolute Gasteiger partial charge is 0.159 e. The molecule has 2 aromatic rings. The van der Waals surface area contributed by atoms with Crippen molar-refractivity contribution in [2.75, 3.05) is 0 Å². The van der Waals surface area contributed by atoms with Crippen LogP contribution in [0.3, 0.4) is 0 Å². The molecule has 0 saturated heterocycles. The van der Waals surface area contributed by atoms with Gasteiger partial charge in [-0.15, -0.1) is 0 Å². The molecule has 1 aromatic heterocycles. The van der Waals surface area contributed by atoms with E-state index < -0.39 is 11.6 Å². The molecule has 0 atom stereocenters. The van der Waals surface area contributed by atoms with E-state index in [0.717, 1.165) is 12.1 Å². The first-order chi connectivity index (χ1) is 6.75. The molecule has 2 rings (SSSR count). The van der Waals surface area contributed by atoms with Crippen molar-refractivity contribution in [3.63, 3.8) is 0 Å². The maximum Gasteiger partial charge on any atom is 0.159 e. The summed E-state index contributed by atoms with van der Waals surface area (Å²) in [5.41, 5.74) is 0.625. The lowest BCUT2D eigenvalue weighted by atomic mass is 10.2. The molecule has 0 aliphatic carbocycles. The summed E-state index contributed by atoms with van der Waals surface area (Å²) < 4.78 is 25.3. The maximum absolute atomic E-state index is 12.8. The van der Waals surface area contributed by atoms with Crippen LogP contribution < -0.4 is 0 Å². The second-order valence-corrected chi connectivity index (χ2v) is 2.81. The maximum atomic E-state index is 12.8. The molecule has 0 aliphatic rings. The van der Waals surface area contributed by atoms with Gasteiger partial charge in [0.2, 0.25) is 0 Å². The molecule has 0 fully saturated rings. The van der Waals surface area contributed by atoms with Crippen LogP contribution in [0.25, 0.3) is 0 Å². The van der Waals surface area contributed by atoms with Crippen LogP contribution in [-0.2, 0) is 6.54 Å². The fourth-order valence-electron chi connectivity index (χ4n) is 1.13. The number of aromatic nitrogens is 3. The van der Waals surface area contributed by atoms with E-state index in [2.05, 4.69) is 10.2 Å². The third-order valence-electron chi connectivity index (χ3n) is 1.77. The van der Waals surface area contributed by atoms with Crippen LogP contribution in [0.4, 0.5) is 8.78 Å². The van der Waals surface area contributed by atoms with Crippen molar-refractivity contribution in [2.24, 2.45) is 0 Å². The fourth-order valence-corrected chi connectivity index (χ4v) is 1.13. The molecule has 14 heavy (non-hydrogen) atoms. The Morgan fingerprint density at radius 3 is 2.43 bits per heavy atom. The first kappa shape index (κ1) is 8.80. The van der Waals surface area contributed by atoms with Crippen molar-refractivity contribution in [3.8, 4) is 0 Å². The third-order valence-corrected chi connectivity index (χ3v) is 1.77. The average molecular weight is 195 g/mol. The number of hydrogen-bond acceptors (Lipinski definition) is 2. The van der Waals surface area contributed by atoms with Gasteiger partial charge < -0.3 is 0 Å². The zero-order valence-corrected chi connectivity index (χ0v) is 7.19. The highest BCUT2D eigenvalue weighted by Gasteiger charge is 2.03. The van der Waals surface area contributed by atoms with E-state index in [9.17, 15) is 8.78 Å². The summed E-state index contributed by atoms with van der Waals surface area (Å²) in [6, 6.07) is 3.73. The molecule has 0 amide bonds. The summed E-state index contributed by atoms with van der Waals surface area (Å²) >= 11 is 0. The minimum absolute atomic E-state index is 0.337. The van der Waals surface area contributed by atoms with Gasteiger partial charge in [0.05, 0.1) is 18.9 Å². The van der Waals surface area contributed by atoms with E-state index >= 15 is 0 Å². The van der Waals surface area contributed by atoms with Crippen molar-refractivity contribution in [1.82, 2.24) is 15.0 Å². The Morgan fingerprint density at radius 2 is 1.79 bits per heavy atom. The van der Waals surface area contributed by atoms with Crippen molar-refractivity contribution < 1.29 is 8.78 Å². The SMILES string of the molecule is Fc1ccc(Cn2nccn2)cc1F. The van der Waals surface area contributed by atoms with E-state index in [1.54, 1.807) is 0 Å². The van der Waals surface area contributed by atoms with E-state index in [-0.39, 0.29) is 0 Å². The number of hydrogen-bond donors (Lipinski definition) is 0. The first-order valence-electron chi connectivity index (χ1n) is 4.04. The van der Waals surface area contributed by atoms with Gasteiger partial charge >= 0.3 is 0 Å². The zero-order valence-electron chi connectivity index (χ0n) is 7.19. The minimum Gasteiger partial charge on any atom is -0.204 e. The molecular formula is C9H7F2N3. The van der Waals surface area contributed by atoms with Gasteiger partial charge in [0.25, 0.3) is 0 Å². The minimum atomic E-state index is -0.852. The van der Waals surface area contributed by atoms with Gasteiger partial charge in [0.15, 0.2) is 11.6 Å². The van der Waals surface area contributed by atoms with Gasteiger partial charge in [-0.25, -0.2) is 8.78 Å². The van der Waals surface area contributed by atoms with Gasteiger partial charge in [-0.1, -0.05) is 6.07 Å². The van der Waals surface area contributed by atoms with E-state index in [1.807, 2.05) is 0 Å². The number of nitrogens with zero attached hydrogens (tertiary/aromatic N) is 3. The zero-order chi connectivity index (χ0) is 9.97. The molecule has 0 saturated carbocycles. The molecule has 0 bridgehead atoms. The summed E-state index contributed by atoms with van der Waals surface area (Å²) in [4.78, 5) is 1.40. The molecule has 0 radical (unpaired) electrons. The summed E-state index contributed by atoms with van der Waals surface area (Å²) in [6.07, 6.45) is 3.06. The quantitative estimate of drug-likeness (QED) is 0.728. The molecular weight excluding hydrogens is 188 g/mol. The van der Waals surface area contributed by atoms with Crippen LogP contribution in [0, 0.1) is 11.6 Å². The molecule has 72 valence electrons. The van der Waals surface area contributed by atoms with Crippen LogP contribution in [0.1, 0.15) is 5.56 Å². The molecule has 3 nitrogen and oxygen atoms in total. The van der Waals surface area contributed by atoms with Gasteiger partial charge in [0.1, 0.15) is 0 Å². The Morgan fingerprint density at radius 1 is 1.07 bits per heavy atom. The van der Waals surface area contributed by atoms with Gasteiger partial charge in [0, 0.05) is 0 Å². The lowest BCUT2D eigenvalue weighted by Gasteiger charge is -2.00.